The highest BCUT2D eigenvalue weighted by Gasteiger charge is 2.23. The van der Waals surface area contributed by atoms with Crippen LogP contribution in [-0.4, -0.2) is 31.4 Å². The number of nitrogens with one attached hydrogen (secondary N) is 1. The Morgan fingerprint density at radius 1 is 1.33 bits per heavy atom. The highest BCUT2D eigenvalue weighted by atomic mass is 16.5. The third-order valence-corrected chi connectivity index (χ3v) is 4.49. The van der Waals surface area contributed by atoms with Gasteiger partial charge in [-0.1, -0.05) is 36.8 Å². The molecular formula is C19H28N3O2+. The molecule has 1 aliphatic carbocycles. The summed E-state index contributed by atoms with van der Waals surface area (Å²) in [6.07, 6.45) is 8.03. The van der Waals surface area contributed by atoms with Gasteiger partial charge in [0.05, 0.1) is 12.7 Å². The van der Waals surface area contributed by atoms with Crippen LogP contribution in [0.15, 0.2) is 42.1 Å². The Morgan fingerprint density at radius 2 is 2.12 bits per heavy atom. The summed E-state index contributed by atoms with van der Waals surface area (Å²) < 4.78 is 6.04. The lowest BCUT2D eigenvalue weighted by Gasteiger charge is -2.29. The predicted molar refractivity (Wildman–Crippen MR) is 95.1 cm³/mol. The molecule has 1 saturated carbocycles. The minimum atomic E-state index is -0.216. The summed E-state index contributed by atoms with van der Waals surface area (Å²) in [6.45, 7) is 1.39. The summed E-state index contributed by atoms with van der Waals surface area (Å²) in [4.78, 5) is 11.9. The van der Waals surface area contributed by atoms with E-state index in [1.54, 1.807) is 0 Å². The first-order valence-corrected chi connectivity index (χ1v) is 8.63. The molecule has 2 rings (SSSR count). The van der Waals surface area contributed by atoms with Gasteiger partial charge < -0.3 is 15.8 Å². The normalized spacial score (nSPS) is 21.2. The average molecular weight is 330 g/mol. The molecule has 0 radical (unpaired) electrons. The van der Waals surface area contributed by atoms with Crippen molar-refractivity contribution in [2.24, 2.45) is 11.7 Å². The van der Waals surface area contributed by atoms with Gasteiger partial charge in [-0.15, -0.1) is 0 Å². The van der Waals surface area contributed by atoms with Gasteiger partial charge in [0.1, 0.15) is 5.57 Å². The van der Waals surface area contributed by atoms with Crippen LogP contribution in [0.4, 0.5) is 0 Å². The standard InChI is InChI=1S/C19H27N3O2/c20-12-17(13-21)19(23)22-14-16-7-4-8-18(11-16)24-10-9-15-5-2-1-3-6-15/h1-3,5-6,12-13,16,18,20H,4,7-11,14,21H2,(H,22,23)/p+1. The summed E-state index contributed by atoms with van der Waals surface area (Å²) in [5.41, 5.74) is 6.97. The summed E-state index contributed by atoms with van der Waals surface area (Å²) >= 11 is 0. The first-order chi connectivity index (χ1) is 11.7. The third-order valence-electron chi connectivity index (χ3n) is 4.49. The van der Waals surface area contributed by atoms with Crippen LogP contribution in [0.1, 0.15) is 31.2 Å². The molecule has 130 valence electrons. The molecule has 1 aliphatic rings. The fourth-order valence-electron chi connectivity index (χ4n) is 3.11. The maximum atomic E-state index is 11.9. The van der Waals surface area contributed by atoms with Gasteiger partial charge in [0.25, 0.3) is 5.91 Å². The van der Waals surface area contributed by atoms with Crippen LogP contribution in [0.5, 0.6) is 0 Å². The van der Waals surface area contributed by atoms with Gasteiger partial charge in [-0.3, -0.25) is 10.2 Å². The molecule has 5 heteroatoms. The lowest BCUT2D eigenvalue weighted by atomic mass is 9.87. The maximum Gasteiger partial charge on any atom is 0.258 e. The van der Waals surface area contributed by atoms with E-state index in [2.05, 4.69) is 29.6 Å². The molecule has 1 amide bonds. The van der Waals surface area contributed by atoms with Crippen molar-refractivity contribution in [3.05, 3.63) is 47.7 Å². The molecule has 1 aromatic rings. The van der Waals surface area contributed by atoms with E-state index in [0.29, 0.717) is 18.0 Å². The Labute approximate surface area is 143 Å². The van der Waals surface area contributed by atoms with Gasteiger partial charge in [-0.05, 0) is 37.2 Å². The van der Waals surface area contributed by atoms with Crippen LogP contribution in [0.25, 0.3) is 0 Å². The zero-order chi connectivity index (χ0) is 17.2. The highest BCUT2D eigenvalue weighted by molar-refractivity contribution is 6.10. The minimum absolute atomic E-state index is 0.216. The quantitative estimate of drug-likeness (QED) is 0.481. The molecule has 2 atom stereocenters. The molecule has 24 heavy (non-hydrogen) atoms. The van der Waals surface area contributed by atoms with Crippen molar-refractivity contribution in [2.45, 2.75) is 38.2 Å². The molecule has 0 aromatic heterocycles. The molecule has 0 aliphatic heterocycles. The number of hydrogen-bond donors (Lipinski definition) is 3. The third kappa shape index (κ3) is 5.81. The van der Waals surface area contributed by atoms with Crippen molar-refractivity contribution in [1.82, 2.24) is 5.32 Å². The van der Waals surface area contributed by atoms with E-state index < -0.39 is 0 Å². The molecule has 1 aromatic carbocycles. The molecule has 1 fully saturated rings. The van der Waals surface area contributed by atoms with Crippen LogP contribution in [0.2, 0.25) is 0 Å². The fraction of sp³-hybridized carbons (Fsp3) is 0.474. The van der Waals surface area contributed by atoms with Crippen molar-refractivity contribution in [2.75, 3.05) is 13.2 Å². The van der Waals surface area contributed by atoms with E-state index >= 15 is 0 Å². The van der Waals surface area contributed by atoms with Crippen molar-refractivity contribution in [3.63, 3.8) is 0 Å². The van der Waals surface area contributed by atoms with Crippen LogP contribution in [0.3, 0.4) is 0 Å². The number of ether oxygens (including phenoxy) is 1. The summed E-state index contributed by atoms with van der Waals surface area (Å²) in [7, 11) is 0. The Morgan fingerprint density at radius 3 is 2.83 bits per heavy atom. The van der Waals surface area contributed by atoms with E-state index in [1.807, 2.05) is 6.07 Å². The van der Waals surface area contributed by atoms with Gasteiger partial charge in [0.15, 0.2) is 6.21 Å². The van der Waals surface area contributed by atoms with Gasteiger partial charge in [-0.2, -0.15) is 0 Å². The molecule has 0 spiro atoms. The van der Waals surface area contributed by atoms with E-state index in [0.717, 1.165) is 38.7 Å². The largest absolute Gasteiger partial charge is 0.404 e. The summed E-state index contributed by atoms with van der Waals surface area (Å²) in [5, 5.41) is 8.27. The maximum absolute atomic E-state index is 11.9. The number of rotatable bonds is 8. The molecule has 2 unspecified atom stereocenters. The number of amides is 1. The Hall–Kier alpha value is -2.14. The first-order valence-electron chi connectivity index (χ1n) is 8.63. The molecule has 0 saturated heterocycles. The van der Waals surface area contributed by atoms with E-state index in [9.17, 15) is 4.79 Å². The molecular weight excluding hydrogens is 302 g/mol. The topological polar surface area (TPSA) is 89.9 Å². The van der Waals surface area contributed by atoms with Crippen LogP contribution < -0.4 is 16.5 Å². The van der Waals surface area contributed by atoms with Gasteiger partial charge in [0, 0.05) is 12.7 Å². The zero-order valence-corrected chi connectivity index (χ0v) is 14.1. The Bertz CT molecular complexity index is 557. The fourth-order valence-corrected chi connectivity index (χ4v) is 3.11. The molecule has 0 bridgehead atoms. The summed E-state index contributed by atoms with van der Waals surface area (Å²) in [5.74, 6) is 0.230. The lowest BCUT2D eigenvalue weighted by Crippen LogP contribution is -2.39. The van der Waals surface area contributed by atoms with E-state index in [1.165, 1.54) is 18.0 Å². The lowest BCUT2D eigenvalue weighted by molar-refractivity contribution is -0.119. The SMILES string of the molecule is NC=C(C=[NH2+])C(=O)NCC1CCCC(OCCc2ccccc2)C1. The molecule has 5 nitrogen and oxygen atoms in total. The van der Waals surface area contributed by atoms with E-state index in [4.69, 9.17) is 15.9 Å². The average Bonchev–Trinajstić information content (AvgIpc) is 2.62. The Kier molecular flexibility index (Phi) is 7.49. The second-order valence-corrected chi connectivity index (χ2v) is 6.26. The molecule has 0 heterocycles. The smallest absolute Gasteiger partial charge is 0.258 e. The van der Waals surface area contributed by atoms with Gasteiger partial charge >= 0.3 is 0 Å². The van der Waals surface area contributed by atoms with Gasteiger partial charge in [-0.25, -0.2) is 0 Å². The first kappa shape index (κ1) is 18.2. The summed E-state index contributed by atoms with van der Waals surface area (Å²) in [6, 6.07) is 10.4. The second-order valence-electron chi connectivity index (χ2n) is 6.26. The highest BCUT2D eigenvalue weighted by Crippen LogP contribution is 2.26. The number of carbonyl (C=O) groups excluding carboxylic acids is 1. The van der Waals surface area contributed by atoms with Crippen LogP contribution in [0, 0.1) is 5.92 Å². The number of hydrogen-bond acceptors (Lipinski definition) is 3. The van der Waals surface area contributed by atoms with Crippen molar-refractivity contribution in [1.29, 1.82) is 0 Å². The van der Waals surface area contributed by atoms with Crippen molar-refractivity contribution in [3.8, 4) is 0 Å². The van der Waals surface area contributed by atoms with Crippen LogP contribution in [-0.2, 0) is 16.0 Å². The molecule has 5 N–H and O–H groups in total. The minimum Gasteiger partial charge on any atom is -0.404 e. The monoisotopic (exact) mass is 330 g/mol. The van der Waals surface area contributed by atoms with E-state index in [-0.39, 0.29) is 12.0 Å². The van der Waals surface area contributed by atoms with Crippen molar-refractivity contribution >= 4 is 12.1 Å². The number of benzene rings is 1. The number of nitrogens with two attached hydrogens (primary N) is 2. The van der Waals surface area contributed by atoms with Gasteiger partial charge in [0.2, 0.25) is 0 Å². The Balaban J connectivity index is 1.69. The van der Waals surface area contributed by atoms with Crippen molar-refractivity contribution < 1.29 is 14.9 Å². The second kappa shape index (κ2) is 9.88. The predicted octanol–water partition coefficient (Wildman–Crippen LogP) is 0.593. The zero-order valence-electron chi connectivity index (χ0n) is 14.1. The van der Waals surface area contributed by atoms with Crippen LogP contribution >= 0.6 is 0 Å². The number of carbonyl (C=O) groups is 1.